The molecular formula is C53H68N8O11S2. The monoisotopic (exact) mass is 1060 g/mol. The number of carbonyl (C=O) groups excluding carboxylic acids is 6. The third-order valence-corrected chi connectivity index (χ3v) is 15.4. The molecule has 398 valence electrons. The quantitative estimate of drug-likeness (QED) is 0.0667. The minimum absolute atomic E-state index is 0.00743. The average Bonchev–Trinajstić information content (AvgIpc) is 4.04. The number of imide groups is 1. The van der Waals surface area contributed by atoms with Gasteiger partial charge in [-0.1, -0.05) is 57.2 Å². The molecule has 0 spiro atoms. The van der Waals surface area contributed by atoms with Gasteiger partial charge >= 0.3 is 0 Å². The molecule has 4 N–H and O–H groups in total. The lowest BCUT2D eigenvalue weighted by Gasteiger charge is -2.37. The molecular weight excluding hydrogens is 989 g/mol. The summed E-state index contributed by atoms with van der Waals surface area (Å²) in [5.41, 5.74) is 4.55. The fraction of sp³-hybridized carbons (Fsp3) is 0.491. The molecule has 0 radical (unpaired) electrons. The predicted octanol–water partition coefficient (Wildman–Crippen LogP) is 4.44. The van der Waals surface area contributed by atoms with E-state index in [2.05, 4.69) is 25.8 Å². The van der Waals surface area contributed by atoms with E-state index in [0.29, 0.717) is 69.2 Å². The smallest absolute Gasteiger partial charge is 0.264 e. The minimum atomic E-state index is -3.71. The van der Waals surface area contributed by atoms with Gasteiger partial charge in [-0.25, -0.2) is 13.4 Å². The van der Waals surface area contributed by atoms with Gasteiger partial charge in [0.2, 0.25) is 23.6 Å². The Hall–Kier alpha value is -6.26. The third kappa shape index (κ3) is 13.5. The van der Waals surface area contributed by atoms with E-state index in [1.807, 2.05) is 56.9 Å². The number of aliphatic hydroxyl groups excluding tert-OH is 1. The number of anilines is 1. The van der Waals surface area contributed by atoms with Gasteiger partial charge in [-0.05, 0) is 79.6 Å². The molecule has 4 atom stereocenters. The van der Waals surface area contributed by atoms with Crippen LogP contribution in [0.1, 0.15) is 97.0 Å². The first-order valence-corrected chi connectivity index (χ1v) is 27.9. The SMILES string of the molecule is CCOc1cc([C@@H](CS(C)(=O)=O)N2C(=O)c3cccc(NC(=O)CCCCN4CCN(CC(=O)N[C@H](C(=O)N5C[C@H](O)C[C@H]5C(=O)NCc5ccc(-c6scnc6C)cc5)C(C)(C)C)CC4)c3C2=O)ccc1OC. The summed E-state index contributed by atoms with van der Waals surface area (Å²) in [6.07, 6.45) is 1.63. The van der Waals surface area contributed by atoms with Crippen LogP contribution in [0.4, 0.5) is 5.69 Å². The number of aryl methyl sites for hydroxylation is 1. The average molecular weight is 1060 g/mol. The van der Waals surface area contributed by atoms with Gasteiger partial charge in [0.1, 0.15) is 21.9 Å². The number of aromatic nitrogens is 1. The van der Waals surface area contributed by atoms with Gasteiger partial charge in [-0.2, -0.15) is 0 Å². The molecule has 7 rings (SSSR count). The summed E-state index contributed by atoms with van der Waals surface area (Å²) in [5.74, 6) is -2.67. The third-order valence-electron chi connectivity index (χ3n) is 13.5. The number of methoxy groups -OCH3 is 1. The number of hydrogen-bond acceptors (Lipinski definition) is 15. The van der Waals surface area contributed by atoms with Crippen LogP contribution in [0.2, 0.25) is 0 Å². The molecule has 0 bridgehead atoms. The van der Waals surface area contributed by atoms with Crippen molar-refractivity contribution < 1.29 is 51.8 Å². The first kappa shape index (κ1) is 55.5. The van der Waals surface area contributed by atoms with Crippen LogP contribution in [-0.2, 0) is 35.6 Å². The second-order valence-electron chi connectivity index (χ2n) is 20.2. The van der Waals surface area contributed by atoms with Gasteiger partial charge in [0.15, 0.2) is 11.5 Å². The lowest BCUT2D eigenvalue weighted by molar-refractivity contribution is -0.144. The van der Waals surface area contributed by atoms with Gasteiger partial charge in [0, 0.05) is 58.4 Å². The highest BCUT2D eigenvalue weighted by Gasteiger charge is 2.46. The lowest BCUT2D eigenvalue weighted by atomic mass is 9.85. The number of rotatable bonds is 21. The summed E-state index contributed by atoms with van der Waals surface area (Å²) in [7, 11) is -2.24. The molecule has 0 saturated carbocycles. The summed E-state index contributed by atoms with van der Waals surface area (Å²) in [4.78, 5) is 94.5. The van der Waals surface area contributed by atoms with E-state index < -0.39 is 63.0 Å². The number of nitrogens with zero attached hydrogens (tertiary/aromatic N) is 5. The van der Waals surface area contributed by atoms with Gasteiger partial charge in [0.25, 0.3) is 11.8 Å². The second kappa shape index (κ2) is 24.0. The van der Waals surface area contributed by atoms with Gasteiger partial charge < -0.3 is 40.3 Å². The second-order valence-corrected chi connectivity index (χ2v) is 23.3. The highest BCUT2D eigenvalue weighted by atomic mass is 32.2. The summed E-state index contributed by atoms with van der Waals surface area (Å²) < 4.78 is 36.4. The van der Waals surface area contributed by atoms with E-state index in [1.165, 1.54) is 18.1 Å². The molecule has 1 aromatic heterocycles. The highest BCUT2D eigenvalue weighted by molar-refractivity contribution is 7.90. The number of unbranched alkanes of at least 4 members (excludes halogenated alkanes) is 1. The van der Waals surface area contributed by atoms with Crippen LogP contribution >= 0.6 is 11.3 Å². The number of hydrogen-bond donors (Lipinski definition) is 4. The molecule has 3 aromatic carbocycles. The molecule has 74 heavy (non-hydrogen) atoms. The van der Waals surface area contributed by atoms with Crippen molar-refractivity contribution in [2.24, 2.45) is 5.41 Å². The maximum atomic E-state index is 14.2. The number of ether oxygens (including phenoxy) is 2. The fourth-order valence-electron chi connectivity index (χ4n) is 9.66. The number of likely N-dealkylation sites (tertiary alicyclic amines) is 1. The lowest BCUT2D eigenvalue weighted by Crippen LogP contribution is -2.59. The highest BCUT2D eigenvalue weighted by Crippen LogP contribution is 2.39. The Morgan fingerprint density at radius 3 is 2.30 bits per heavy atom. The normalized spacial score (nSPS) is 18.2. The van der Waals surface area contributed by atoms with E-state index in [-0.39, 0.29) is 67.0 Å². The van der Waals surface area contributed by atoms with Crippen LogP contribution in [0.25, 0.3) is 10.4 Å². The van der Waals surface area contributed by atoms with Crippen LogP contribution in [0, 0.1) is 12.3 Å². The van der Waals surface area contributed by atoms with Crippen molar-refractivity contribution in [3.05, 3.63) is 94.1 Å². The zero-order valence-corrected chi connectivity index (χ0v) is 44.8. The van der Waals surface area contributed by atoms with Crippen LogP contribution in [0.15, 0.2) is 66.2 Å². The van der Waals surface area contributed by atoms with Gasteiger partial charge in [-0.3, -0.25) is 38.6 Å². The Balaban J connectivity index is 0.859. The number of nitrogens with one attached hydrogen (secondary N) is 3. The molecule has 3 aliphatic heterocycles. The topological polar surface area (TPSA) is 237 Å². The molecule has 2 fully saturated rings. The summed E-state index contributed by atoms with van der Waals surface area (Å²) >= 11 is 1.56. The number of aliphatic hydroxyl groups is 1. The van der Waals surface area contributed by atoms with Crippen molar-refractivity contribution in [3.8, 4) is 21.9 Å². The molecule has 6 amide bonds. The number of β-amino-alcohol motifs (C(OH)–C–C–N with tert-alkyl or cyclic N) is 1. The molecule has 0 unspecified atom stereocenters. The van der Waals surface area contributed by atoms with Crippen molar-refractivity contribution in [2.75, 3.05) is 76.9 Å². The van der Waals surface area contributed by atoms with Crippen LogP contribution in [0.3, 0.4) is 0 Å². The van der Waals surface area contributed by atoms with E-state index in [0.717, 1.165) is 32.9 Å². The standard InChI is InChI=1S/C53H68N8O11S2/c1-8-72-43-26-36(19-20-42(43)71-6)41(31-74(7,69)70)61-50(66)38-12-11-13-39(46(38)51(61)67)56-44(63)14-9-10-21-58-22-24-59(25-23-58)30-45(64)57-48(53(3,4)5)52(68)60-29-37(62)27-40(60)49(65)54-28-34-15-17-35(18-16-34)47-33(2)55-32-73-47/h11-13,15-20,26,32,37,40-41,48,62H,8-10,14,21-25,27-31H2,1-7H3,(H,54,65)(H,56,63)(H,57,64)/t37-,40+,41-,48-/m1/s1. The Bertz CT molecular complexity index is 2820. The maximum absolute atomic E-state index is 14.2. The number of amides is 6. The van der Waals surface area contributed by atoms with E-state index in [1.54, 1.807) is 54.1 Å². The van der Waals surface area contributed by atoms with E-state index >= 15 is 0 Å². The Morgan fingerprint density at radius 1 is 0.932 bits per heavy atom. The van der Waals surface area contributed by atoms with Gasteiger partial charge in [-0.15, -0.1) is 11.3 Å². The molecule has 3 aliphatic rings. The molecule has 4 heterocycles. The van der Waals surface area contributed by atoms with E-state index in [9.17, 15) is 42.3 Å². The maximum Gasteiger partial charge on any atom is 0.264 e. The summed E-state index contributed by atoms with van der Waals surface area (Å²) in [6.45, 7) is 13.2. The molecule has 2 saturated heterocycles. The molecule has 19 nitrogen and oxygen atoms in total. The number of fused-ring (bicyclic) bond motifs is 1. The van der Waals surface area contributed by atoms with Gasteiger partial charge in [0.05, 0.1) is 71.1 Å². The largest absolute Gasteiger partial charge is 0.493 e. The van der Waals surface area contributed by atoms with Crippen molar-refractivity contribution in [1.82, 2.24) is 35.2 Å². The number of thiazole rings is 1. The van der Waals surface area contributed by atoms with Crippen molar-refractivity contribution in [1.29, 1.82) is 0 Å². The van der Waals surface area contributed by atoms with Crippen LogP contribution < -0.4 is 25.4 Å². The van der Waals surface area contributed by atoms with E-state index in [4.69, 9.17) is 9.47 Å². The number of benzene rings is 3. The first-order valence-electron chi connectivity index (χ1n) is 24.9. The summed E-state index contributed by atoms with van der Waals surface area (Å²) in [5, 5.41) is 19.4. The van der Waals surface area contributed by atoms with Crippen LogP contribution in [0.5, 0.6) is 11.5 Å². The fourth-order valence-corrected chi connectivity index (χ4v) is 11.4. The first-order chi connectivity index (χ1) is 35.1. The summed E-state index contributed by atoms with van der Waals surface area (Å²) in [6, 6.07) is 14.2. The Labute approximate surface area is 436 Å². The zero-order valence-electron chi connectivity index (χ0n) is 43.1. The number of carbonyl (C=O) groups is 6. The predicted molar refractivity (Wildman–Crippen MR) is 281 cm³/mol. The number of sulfone groups is 1. The number of piperazine rings is 1. The Kier molecular flexibility index (Phi) is 18.0. The van der Waals surface area contributed by atoms with Crippen molar-refractivity contribution >= 4 is 62.3 Å². The van der Waals surface area contributed by atoms with Crippen molar-refractivity contribution in [2.45, 2.75) is 91.1 Å². The molecule has 21 heteroatoms. The Morgan fingerprint density at radius 2 is 1.65 bits per heavy atom. The van der Waals surface area contributed by atoms with Crippen molar-refractivity contribution in [3.63, 3.8) is 0 Å². The van der Waals surface area contributed by atoms with Crippen LogP contribution in [-0.4, -0.2) is 163 Å². The molecule has 4 aromatic rings. The minimum Gasteiger partial charge on any atom is -0.493 e. The molecule has 0 aliphatic carbocycles. The zero-order chi connectivity index (χ0) is 53.5.